The number of halogens is 1. The first-order valence-electron chi connectivity index (χ1n) is 5.75. The summed E-state index contributed by atoms with van der Waals surface area (Å²) in [6.07, 6.45) is 0. The van der Waals surface area contributed by atoms with Crippen LogP contribution in [0.15, 0.2) is 28.1 Å². The second-order valence-corrected chi connectivity index (χ2v) is 5.85. The summed E-state index contributed by atoms with van der Waals surface area (Å²) in [6.45, 7) is 1.15. The number of thiophene rings is 1. The van der Waals surface area contributed by atoms with E-state index in [2.05, 4.69) is 15.9 Å². The molecule has 0 amide bonds. The number of benzene rings is 1. The molecule has 2 aromatic rings. The van der Waals surface area contributed by atoms with Crippen LogP contribution in [0, 0.1) is 0 Å². The van der Waals surface area contributed by atoms with Crippen LogP contribution in [-0.4, -0.2) is 6.79 Å². The average Bonchev–Trinajstić information content (AvgIpc) is 3.03. The maximum atomic E-state index is 5.84. The van der Waals surface area contributed by atoms with E-state index in [9.17, 15) is 0 Å². The lowest BCUT2D eigenvalue weighted by Gasteiger charge is -2.11. The molecule has 0 spiro atoms. The topological polar surface area (TPSA) is 53.7 Å². The fourth-order valence-corrected chi connectivity index (χ4v) is 3.21. The first-order valence-corrected chi connectivity index (χ1v) is 7.42. The molecule has 0 saturated carbocycles. The molecular weight excluding hydrogens is 330 g/mol. The quantitative estimate of drug-likeness (QED) is 0.927. The summed E-state index contributed by atoms with van der Waals surface area (Å²) < 4.78 is 17.6. The van der Waals surface area contributed by atoms with Gasteiger partial charge < -0.3 is 19.9 Å². The fraction of sp³-hybridized carbons (Fsp3) is 0.231. The van der Waals surface area contributed by atoms with Gasteiger partial charge in [-0.2, -0.15) is 0 Å². The molecule has 19 heavy (non-hydrogen) atoms. The normalized spacial score (nSPS) is 12.7. The van der Waals surface area contributed by atoms with Crippen LogP contribution in [0.4, 0.5) is 0 Å². The van der Waals surface area contributed by atoms with Crippen LogP contribution in [0.3, 0.4) is 0 Å². The Bertz CT molecular complexity index is 600. The van der Waals surface area contributed by atoms with Crippen molar-refractivity contribution in [3.05, 3.63) is 38.5 Å². The van der Waals surface area contributed by atoms with Gasteiger partial charge in [0.1, 0.15) is 12.4 Å². The second kappa shape index (κ2) is 5.40. The van der Waals surface area contributed by atoms with Gasteiger partial charge in [-0.15, -0.1) is 11.3 Å². The minimum atomic E-state index is 0.249. The van der Waals surface area contributed by atoms with Crippen LogP contribution < -0.4 is 19.9 Å². The van der Waals surface area contributed by atoms with Crippen LogP contribution in [0.5, 0.6) is 17.2 Å². The smallest absolute Gasteiger partial charge is 0.231 e. The molecule has 2 N–H and O–H groups in total. The van der Waals surface area contributed by atoms with Gasteiger partial charge in [0, 0.05) is 22.6 Å². The zero-order chi connectivity index (χ0) is 13.2. The molecule has 0 radical (unpaired) electrons. The van der Waals surface area contributed by atoms with Gasteiger partial charge in [0.2, 0.25) is 6.79 Å². The Morgan fingerprint density at radius 3 is 2.79 bits per heavy atom. The van der Waals surface area contributed by atoms with E-state index in [1.807, 2.05) is 23.6 Å². The highest BCUT2D eigenvalue weighted by Gasteiger charge is 2.17. The van der Waals surface area contributed by atoms with Gasteiger partial charge in [-0.3, -0.25) is 0 Å². The Morgan fingerprint density at radius 1 is 1.32 bits per heavy atom. The number of ether oxygens (including phenoxy) is 3. The Morgan fingerprint density at radius 2 is 2.11 bits per heavy atom. The highest BCUT2D eigenvalue weighted by molar-refractivity contribution is 9.10. The standard InChI is InChI=1S/C13H12BrNO3S/c14-9-1-2-19-13(9)6-16-10-4-12-11(17-7-18-12)3-8(10)5-15/h1-4H,5-7,15H2. The molecule has 0 bridgehead atoms. The maximum absolute atomic E-state index is 5.84. The monoisotopic (exact) mass is 341 g/mol. The molecule has 6 heteroatoms. The Balaban J connectivity index is 1.82. The molecule has 0 saturated heterocycles. The van der Waals surface area contributed by atoms with E-state index in [0.717, 1.165) is 26.4 Å². The highest BCUT2D eigenvalue weighted by Crippen LogP contribution is 2.38. The minimum absolute atomic E-state index is 0.249. The maximum Gasteiger partial charge on any atom is 0.231 e. The molecule has 2 heterocycles. The molecule has 3 rings (SSSR count). The van der Waals surface area contributed by atoms with Crippen molar-refractivity contribution in [2.24, 2.45) is 5.73 Å². The van der Waals surface area contributed by atoms with Crippen LogP contribution in [0.25, 0.3) is 0 Å². The van der Waals surface area contributed by atoms with E-state index < -0.39 is 0 Å². The lowest BCUT2D eigenvalue weighted by molar-refractivity contribution is 0.173. The molecule has 100 valence electrons. The first kappa shape index (κ1) is 12.8. The van der Waals surface area contributed by atoms with Gasteiger partial charge in [0.15, 0.2) is 11.5 Å². The molecule has 1 aromatic carbocycles. The van der Waals surface area contributed by atoms with Crippen molar-refractivity contribution < 1.29 is 14.2 Å². The zero-order valence-electron chi connectivity index (χ0n) is 10.0. The Labute approximate surface area is 123 Å². The number of rotatable bonds is 4. The minimum Gasteiger partial charge on any atom is -0.488 e. The summed E-state index contributed by atoms with van der Waals surface area (Å²) in [6, 6.07) is 5.72. The van der Waals surface area contributed by atoms with Crippen molar-refractivity contribution in [3.8, 4) is 17.2 Å². The molecule has 4 nitrogen and oxygen atoms in total. The number of hydrogen-bond acceptors (Lipinski definition) is 5. The van der Waals surface area contributed by atoms with Gasteiger partial charge in [0.05, 0.1) is 4.88 Å². The summed E-state index contributed by atoms with van der Waals surface area (Å²) in [7, 11) is 0. The summed E-state index contributed by atoms with van der Waals surface area (Å²) in [5, 5.41) is 2.02. The predicted molar refractivity (Wildman–Crippen MR) is 76.8 cm³/mol. The Hall–Kier alpha value is -1.24. The van der Waals surface area contributed by atoms with Gasteiger partial charge in [-0.1, -0.05) is 0 Å². The Kier molecular flexibility index (Phi) is 3.63. The number of hydrogen-bond donors (Lipinski definition) is 1. The molecule has 1 aliphatic heterocycles. The van der Waals surface area contributed by atoms with Crippen molar-refractivity contribution in [1.29, 1.82) is 0 Å². The van der Waals surface area contributed by atoms with Gasteiger partial charge >= 0.3 is 0 Å². The van der Waals surface area contributed by atoms with E-state index in [-0.39, 0.29) is 6.79 Å². The average molecular weight is 342 g/mol. The van der Waals surface area contributed by atoms with E-state index >= 15 is 0 Å². The van der Waals surface area contributed by atoms with Crippen LogP contribution >= 0.6 is 27.3 Å². The molecule has 0 fully saturated rings. The van der Waals surface area contributed by atoms with E-state index in [1.54, 1.807) is 11.3 Å². The second-order valence-electron chi connectivity index (χ2n) is 4.00. The van der Waals surface area contributed by atoms with Crippen molar-refractivity contribution in [3.63, 3.8) is 0 Å². The lowest BCUT2D eigenvalue weighted by Crippen LogP contribution is -2.02. The van der Waals surface area contributed by atoms with Gasteiger partial charge in [0.25, 0.3) is 0 Å². The predicted octanol–water partition coefficient (Wildman–Crippen LogP) is 3.28. The molecule has 1 aliphatic rings. The van der Waals surface area contributed by atoms with Gasteiger partial charge in [-0.25, -0.2) is 0 Å². The number of fused-ring (bicyclic) bond motifs is 1. The largest absolute Gasteiger partial charge is 0.488 e. The summed E-state index contributed by atoms with van der Waals surface area (Å²) in [5.74, 6) is 2.18. The van der Waals surface area contributed by atoms with Crippen LogP contribution in [-0.2, 0) is 13.2 Å². The van der Waals surface area contributed by atoms with E-state index in [4.69, 9.17) is 19.9 Å². The first-order chi connectivity index (χ1) is 9.28. The van der Waals surface area contributed by atoms with E-state index in [1.165, 1.54) is 0 Å². The molecule has 0 atom stereocenters. The van der Waals surface area contributed by atoms with Crippen molar-refractivity contribution in [2.75, 3.05) is 6.79 Å². The third-order valence-electron chi connectivity index (χ3n) is 2.83. The van der Waals surface area contributed by atoms with Crippen LogP contribution in [0.2, 0.25) is 0 Å². The fourth-order valence-electron chi connectivity index (χ4n) is 1.83. The summed E-state index contributed by atoms with van der Waals surface area (Å²) in [5.41, 5.74) is 6.65. The van der Waals surface area contributed by atoms with Gasteiger partial charge in [-0.05, 0) is 33.4 Å². The van der Waals surface area contributed by atoms with Crippen molar-refractivity contribution in [1.82, 2.24) is 0 Å². The SMILES string of the molecule is NCc1cc2c(cc1OCc1sccc1Br)OCO2. The van der Waals surface area contributed by atoms with Crippen molar-refractivity contribution in [2.45, 2.75) is 13.2 Å². The van der Waals surface area contributed by atoms with Crippen molar-refractivity contribution >= 4 is 27.3 Å². The zero-order valence-corrected chi connectivity index (χ0v) is 12.4. The summed E-state index contributed by atoms with van der Waals surface area (Å²) >= 11 is 5.13. The summed E-state index contributed by atoms with van der Waals surface area (Å²) in [4.78, 5) is 1.14. The van der Waals surface area contributed by atoms with Crippen LogP contribution in [0.1, 0.15) is 10.4 Å². The molecule has 0 unspecified atom stereocenters. The molecule has 1 aromatic heterocycles. The molecular formula is C13H12BrNO3S. The highest BCUT2D eigenvalue weighted by atomic mass is 79.9. The lowest BCUT2D eigenvalue weighted by atomic mass is 10.2. The van der Waals surface area contributed by atoms with E-state index in [0.29, 0.717) is 18.9 Å². The third kappa shape index (κ3) is 2.56. The number of nitrogens with two attached hydrogens (primary N) is 1. The molecule has 0 aliphatic carbocycles. The third-order valence-corrected chi connectivity index (χ3v) is 4.73.